The summed E-state index contributed by atoms with van der Waals surface area (Å²) in [5.41, 5.74) is 0. The van der Waals surface area contributed by atoms with E-state index in [1.807, 2.05) is 0 Å². The summed E-state index contributed by atoms with van der Waals surface area (Å²) >= 11 is 0. The van der Waals surface area contributed by atoms with Crippen molar-refractivity contribution in [2.24, 2.45) is 0 Å². The van der Waals surface area contributed by atoms with Crippen molar-refractivity contribution >= 4 is 5.97 Å². The fraction of sp³-hybridized carbons (Fsp3) is 0.667. The van der Waals surface area contributed by atoms with Gasteiger partial charge in [0.05, 0.1) is 13.2 Å². The first-order valence-electron chi connectivity index (χ1n) is 4.53. The van der Waals surface area contributed by atoms with E-state index in [2.05, 4.69) is 20.8 Å². The zero-order chi connectivity index (χ0) is 12.2. The minimum atomic E-state index is -4.29. The van der Waals surface area contributed by atoms with Crippen LogP contribution in [0.1, 0.15) is 0 Å². The van der Waals surface area contributed by atoms with Gasteiger partial charge in [0.1, 0.15) is 6.61 Å². The maximum Gasteiger partial charge on any atom is 0.380 e. The highest BCUT2D eigenvalue weighted by Crippen LogP contribution is 2.29. The number of hydrogen-bond donors (Lipinski definition) is 0. The van der Waals surface area contributed by atoms with Crippen molar-refractivity contribution < 1.29 is 32.2 Å². The molecule has 0 aromatic heterocycles. The molecule has 0 bridgehead atoms. The monoisotopic (exact) mass is 240 g/mol. The third-order valence-corrected chi connectivity index (χ3v) is 1.84. The number of carbonyl (C=O) groups is 1. The molecule has 0 saturated carbocycles. The van der Waals surface area contributed by atoms with Gasteiger partial charge in [-0.25, -0.2) is 9.18 Å². The molecule has 1 fully saturated rings. The Morgan fingerprint density at radius 1 is 1.56 bits per heavy atom. The lowest BCUT2D eigenvalue weighted by molar-refractivity contribution is -0.207. The van der Waals surface area contributed by atoms with Crippen LogP contribution in [-0.2, 0) is 19.0 Å². The first-order chi connectivity index (χ1) is 7.50. The van der Waals surface area contributed by atoms with Crippen molar-refractivity contribution in [1.82, 2.24) is 0 Å². The third-order valence-electron chi connectivity index (χ3n) is 1.84. The molecule has 1 rings (SSSR count). The molecule has 1 unspecified atom stereocenters. The highest BCUT2D eigenvalue weighted by Gasteiger charge is 2.55. The Morgan fingerprint density at radius 3 is 2.62 bits per heavy atom. The van der Waals surface area contributed by atoms with Gasteiger partial charge in [-0.2, -0.15) is 8.78 Å². The number of ether oxygens (including phenoxy) is 3. The van der Waals surface area contributed by atoms with E-state index in [1.54, 1.807) is 0 Å². The fourth-order valence-electron chi connectivity index (χ4n) is 1.06. The van der Waals surface area contributed by atoms with E-state index in [4.69, 9.17) is 0 Å². The van der Waals surface area contributed by atoms with Crippen LogP contribution in [-0.4, -0.2) is 44.2 Å². The molecule has 1 atom stereocenters. The van der Waals surface area contributed by atoms with Gasteiger partial charge in [0.25, 0.3) is 0 Å². The Labute approximate surface area is 90.0 Å². The maximum atomic E-state index is 13.2. The van der Waals surface area contributed by atoms with Crippen LogP contribution in [0, 0.1) is 0 Å². The van der Waals surface area contributed by atoms with Crippen LogP contribution in [0.2, 0.25) is 0 Å². The van der Waals surface area contributed by atoms with Gasteiger partial charge in [-0.05, 0) is 0 Å². The van der Waals surface area contributed by atoms with Gasteiger partial charge in [0, 0.05) is 0 Å². The van der Waals surface area contributed by atoms with Crippen LogP contribution in [0.4, 0.5) is 13.2 Å². The maximum absolute atomic E-state index is 13.2. The van der Waals surface area contributed by atoms with E-state index in [0.717, 1.165) is 6.08 Å². The number of esters is 1. The van der Waals surface area contributed by atoms with Crippen LogP contribution in [0.25, 0.3) is 0 Å². The smallest absolute Gasteiger partial charge is 0.380 e. The number of carbonyl (C=O) groups excluding carboxylic acids is 1. The van der Waals surface area contributed by atoms with Gasteiger partial charge in [-0.3, -0.25) is 0 Å². The topological polar surface area (TPSA) is 44.8 Å². The number of alkyl halides is 3. The second kappa shape index (κ2) is 5.31. The summed E-state index contributed by atoms with van der Waals surface area (Å²) in [5, 5.41) is 0. The van der Waals surface area contributed by atoms with E-state index in [9.17, 15) is 18.0 Å². The minimum Gasteiger partial charge on any atom is -0.457 e. The normalized spacial score (nSPS) is 19.4. The van der Waals surface area contributed by atoms with E-state index < -0.39 is 31.0 Å². The quantitative estimate of drug-likeness (QED) is 0.532. The molecule has 4 nitrogen and oxygen atoms in total. The molecule has 0 aromatic carbocycles. The van der Waals surface area contributed by atoms with Gasteiger partial charge in [0.2, 0.25) is 6.17 Å². The second-order valence-electron chi connectivity index (χ2n) is 3.02. The molecule has 0 radical (unpaired) electrons. The van der Waals surface area contributed by atoms with E-state index in [0.29, 0.717) is 0 Å². The Morgan fingerprint density at radius 2 is 2.12 bits per heavy atom. The van der Waals surface area contributed by atoms with Crippen molar-refractivity contribution in [1.29, 1.82) is 0 Å². The molecule has 0 N–H and O–H groups in total. The minimum absolute atomic E-state index is 0.0167. The van der Waals surface area contributed by atoms with Crippen LogP contribution >= 0.6 is 0 Å². The Balaban J connectivity index is 2.59. The second-order valence-corrected chi connectivity index (χ2v) is 3.02. The summed E-state index contributed by atoms with van der Waals surface area (Å²) in [6.45, 7) is 2.80. The largest absolute Gasteiger partial charge is 0.457 e. The Kier molecular flexibility index (Phi) is 4.31. The van der Waals surface area contributed by atoms with E-state index >= 15 is 0 Å². The average Bonchev–Trinajstić information content (AvgIpc) is 2.77. The van der Waals surface area contributed by atoms with Gasteiger partial charge in [-0.15, -0.1) is 0 Å². The molecule has 92 valence electrons. The summed E-state index contributed by atoms with van der Waals surface area (Å²) in [7, 11) is 0. The molecule has 0 aliphatic carbocycles. The molecule has 0 amide bonds. The van der Waals surface area contributed by atoms with Crippen LogP contribution in [0.15, 0.2) is 12.7 Å². The molecular weight excluding hydrogens is 229 g/mol. The summed E-state index contributed by atoms with van der Waals surface area (Å²) in [6, 6.07) is 0. The molecule has 1 saturated heterocycles. The summed E-state index contributed by atoms with van der Waals surface area (Å²) in [5.74, 6) is -6.25. The molecule has 0 aromatic rings. The zero-order valence-electron chi connectivity index (χ0n) is 8.33. The molecule has 7 heteroatoms. The lowest BCUT2D eigenvalue weighted by Gasteiger charge is -2.22. The highest BCUT2D eigenvalue weighted by molar-refractivity contribution is 5.78. The predicted molar refractivity (Wildman–Crippen MR) is 46.7 cm³/mol. The number of halogens is 3. The van der Waals surface area contributed by atoms with Crippen molar-refractivity contribution in [3.63, 3.8) is 0 Å². The third kappa shape index (κ3) is 2.73. The Bertz CT molecular complexity index is 263. The van der Waals surface area contributed by atoms with Crippen molar-refractivity contribution in [2.45, 2.75) is 18.4 Å². The molecule has 1 heterocycles. The van der Waals surface area contributed by atoms with E-state index in [1.165, 1.54) is 0 Å². The summed E-state index contributed by atoms with van der Waals surface area (Å²) in [4.78, 5) is 10.9. The first-order valence-corrected chi connectivity index (χ1v) is 4.53. The van der Waals surface area contributed by atoms with Crippen LogP contribution in [0.3, 0.4) is 0 Å². The zero-order valence-corrected chi connectivity index (χ0v) is 8.33. The molecule has 16 heavy (non-hydrogen) atoms. The highest BCUT2D eigenvalue weighted by atomic mass is 19.3. The predicted octanol–water partition coefficient (Wildman–Crippen LogP) is 1.06. The average molecular weight is 240 g/mol. The lowest BCUT2D eigenvalue weighted by Crippen LogP contribution is -2.46. The molecule has 1 aliphatic heterocycles. The SMILES string of the molecule is C=CCOC(=O)C(F)(F)C(F)C1OCCO1. The standard InChI is InChI=1S/C9H11F3O4/c1-2-3-16-8(13)9(11,12)6(10)7-14-4-5-15-7/h2,6-7H,1,3-5H2. The van der Waals surface area contributed by atoms with Gasteiger partial charge < -0.3 is 14.2 Å². The van der Waals surface area contributed by atoms with Crippen LogP contribution in [0.5, 0.6) is 0 Å². The van der Waals surface area contributed by atoms with Crippen molar-refractivity contribution in [3.05, 3.63) is 12.7 Å². The fourth-order valence-corrected chi connectivity index (χ4v) is 1.06. The first kappa shape index (κ1) is 13.0. The molecular formula is C9H11F3O4. The number of rotatable bonds is 5. The van der Waals surface area contributed by atoms with Crippen molar-refractivity contribution in [3.8, 4) is 0 Å². The molecule has 0 spiro atoms. The van der Waals surface area contributed by atoms with Gasteiger partial charge >= 0.3 is 11.9 Å². The molecule has 1 aliphatic rings. The van der Waals surface area contributed by atoms with Gasteiger partial charge in [0.15, 0.2) is 6.29 Å². The lowest BCUT2D eigenvalue weighted by atomic mass is 10.2. The van der Waals surface area contributed by atoms with Gasteiger partial charge in [-0.1, -0.05) is 12.7 Å². The Hall–Kier alpha value is -1.08. The summed E-state index contributed by atoms with van der Waals surface area (Å²) in [6.07, 6.45) is -3.51. The van der Waals surface area contributed by atoms with E-state index in [-0.39, 0.29) is 13.2 Å². The summed E-state index contributed by atoms with van der Waals surface area (Å²) < 4.78 is 52.7. The van der Waals surface area contributed by atoms with Crippen molar-refractivity contribution in [2.75, 3.05) is 19.8 Å². The van der Waals surface area contributed by atoms with Crippen LogP contribution < -0.4 is 0 Å². The number of hydrogen-bond acceptors (Lipinski definition) is 4.